The standard InChI is InChI=1S/C18H21ClN6O2/c19-13-8-22-17(23-9-13)24-5-1-18(2-6-24)7-14(26)11-25(12-18)16(27)15-10-20-3-4-21-15/h3-4,8-10,14,26H,1-2,5-7,11-12H2. The summed E-state index contributed by atoms with van der Waals surface area (Å²) in [6.07, 6.45) is 9.60. The van der Waals surface area contributed by atoms with Crippen molar-refractivity contribution in [1.29, 1.82) is 0 Å². The molecule has 2 saturated heterocycles. The van der Waals surface area contributed by atoms with Crippen LogP contribution in [0.5, 0.6) is 0 Å². The Kier molecular flexibility index (Phi) is 4.92. The molecule has 8 nitrogen and oxygen atoms in total. The minimum atomic E-state index is -0.530. The maximum absolute atomic E-state index is 12.8. The van der Waals surface area contributed by atoms with E-state index in [1.165, 1.54) is 18.6 Å². The molecule has 27 heavy (non-hydrogen) atoms. The summed E-state index contributed by atoms with van der Waals surface area (Å²) in [5.41, 5.74) is 0.215. The number of aliphatic hydroxyl groups excluding tert-OH is 1. The van der Waals surface area contributed by atoms with E-state index in [2.05, 4.69) is 24.8 Å². The molecule has 1 atom stereocenters. The van der Waals surface area contributed by atoms with Crippen molar-refractivity contribution in [2.75, 3.05) is 31.1 Å². The average Bonchev–Trinajstić information content (AvgIpc) is 2.69. The molecule has 4 rings (SSSR count). The molecule has 2 aliphatic rings. The highest BCUT2D eigenvalue weighted by Crippen LogP contribution is 2.40. The molecule has 1 amide bonds. The van der Waals surface area contributed by atoms with E-state index in [0.29, 0.717) is 36.2 Å². The number of likely N-dealkylation sites (tertiary alicyclic amines) is 1. The van der Waals surface area contributed by atoms with E-state index >= 15 is 0 Å². The van der Waals surface area contributed by atoms with Gasteiger partial charge >= 0.3 is 0 Å². The number of halogens is 1. The third-order valence-corrected chi connectivity index (χ3v) is 5.60. The van der Waals surface area contributed by atoms with Crippen molar-refractivity contribution in [3.8, 4) is 0 Å². The van der Waals surface area contributed by atoms with Crippen LogP contribution < -0.4 is 4.90 Å². The molecule has 0 aliphatic carbocycles. The van der Waals surface area contributed by atoms with Crippen LogP contribution in [0.25, 0.3) is 0 Å². The largest absolute Gasteiger partial charge is 0.391 e. The van der Waals surface area contributed by atoms with E-state index in [1.807, 2.05) is 0 Å². The van der Waals surface area contributed by atoms with Gasteiger partial charge in [-0.25, -0.2) is 15.0 Å². The van der Waals surface area contributed by atoms with Gasteiger partial charge in [0, 0.05) is 38.6 Å². The number of amides is 1. The van der Waals surface area contributed by atoms with Crippen molar-refractivity contribution in [1.82, 2.24) is 24.8 Å². The van der Waals surface area contributed by atoms with Crippen molar-refractivity contribution in [2.24, 2.45) is 5.41 Å². The predicted octanol–water partition coefficient (Wildman–Crippen LogP) is 1.41. The Morgan fingerprint density at radius 1 is 1.15 bits per heavy atom. The van der Waals surface area contributed by atoms with Crippen molar-refractivity contribution in [2.45, 2.75) is 25.4 Å². The Labute approximate surface area is 162 Å². The van der Waals surface area contributed by atoms with Crippen molar-refractivity contribution < 1.29 is 9.90 Å². The molecule has 2 aromatic heterocycles. The minimum Gasteiger partial charge on any atom is -0.391 e. The van der Waals surface area contributed by atoms with Crippen LogP contribution >= 0.6 is 11.6 Å². The first-order chi connectivity index (χ1) is 13.0. The zero-order chi connectivity index (χ0) is 18.9. The Balaban J connectivity index is 1.45. The number of β-amino-alcohol motifs (C(OH)–C–C–N with tert-alkyl or cyclic N) is 1. The quantitative estimate of drug-likeness (QED) is 0.831. The number of hydrogen-bond donors (Lipinski definition) is 1. The van der Waals surface area contributed by atoms with Gasteiger partial charge in [-0.2, -0.15) is 0 Å². The van der Waals surface area contributed by atoms with Crippen LogP contribution in [0.2, 0.25) is 5.02 Å². The number of carbonyl (C=O) groups is 1. The summed E-state index contributed by atoms with van der Waals surface area (Å²) in [7, 11) is 0. The Morgan fingerprint density at radius 2 is 1.89 bits per heavy atom. The lowest BCUT2D eigenvalue weighted by Crippen LogP contribution is -2.55. The number of hydrogen-bond acceptors (Lipinski definition) is 7. The van der Waals surface area contributed by atoms with Gasteiger partial charge in [0.2, 0.25) is 5.95 Å². The smallest absolute Gasteiger partial charge is 0.274 e. The van der Waals surface area contributed by atoms with Crippen LogP contribution in [0, 0.1) is 5.41 Å². The number of carbonyl (C=O) groups excluding carboxylic acids is 1. The first-order valence-corrected chi connectivity index (χ1v) is 9.38. The summed E-state index contributed by atoms with van der Waals surface area (Å²) >= 11 is 5.86. The molecule has 4 heterocycles. The second-order valence-electron chi connectivity index (χ2n) is 7.32. The maximum Gasteiger partial charge on any atom is 0.274 e. The first kappa shape index (κ1) is 18.1. The monoisotopic (exact) mass is 388 g/mol. The highest BCUT2D eigenvalue weighted by Gasteiger charge is 2.43. The lowest BCUT2D eigenvalue weighted by molar-refractivity contribution is -0.0153. The van der Waals surface area contributed by atoms with E-state index in [-0.39, 0.29) is 11.3 Å². The summed E-state index contributed by atoms with van der Waals surface area (Å²) in [5, 5.41) is 10.9. The van der Waals surface area contributed by atoms with Crippen LogP contribution in [0.3, 0.4) is 0 Å². The zero-order valence-corrected chi connectivity index (χ0v) is 15.6. The SMILES string of the molecule is O=C(c1cnccn1)N1CC(O)CC2(CCN(c3ncc(Cl)cn3)CC2)C1. The van der Waals surface area contributed by atoms with Crippen LogP contribution in [-0.2, 0) is 0 Å². The molecule has 1 unspecified atom stereocenters. The van der Waals surface area contributed by atoms with Crippen molar-refractivity contribution in [3.63, 3.8) is 0 Å². The van der Waals surface area contributed by atoms with Gasteiger partial charge in [0.25, 0.3) is 5.91 Å². The molecule has 2 aromatic rings. The molecule has 1 N–H and O–H groups in total. The van der Waals surface area contributed by atoms with Crippen molar-refractivity contribution in [3.05, 3.63) is 41.7 Å². The lowest BCUT2D eigenvalue weighted by atomic mass is 9.71. The lowest BCUT2D eigenvalue weighted by Gasteiger charge is -2.49. The van der Waals surface area contributed by atoms with E-state index in [0.717, 1.165) is 25.9 Å². The number of aromatic nitrogens is 4. The van der Waals surface area contributed by atoms with Gasteiger partial charge in [-0.15, -0.1) is 0 Å². The summed E-state index contributed by atoms with van der Waals surface area (Å²) in [6, 6.07) is 0. The summed E-state index contributed by atoms with van der Waals surface area (Å²) < 4.78 is 0. The summed E-state index contributed by atoms with van der Waals surface area (Å²) in [5.74, 6) is 0.489. The zero-order valence-electron chi connectivity index (χ0n) is 14.8. The predicted molar refractivity (Wildman–Crippen MR) is 99.5 cm³/mol. The topological polar surface area (TPSA) is 95.3 Å². The maximum atomic E-state index is 12.8. The third kappa shape index (κ3) is 3.86. The molecule has 142 valence electrons. The summed E-state index contributed by atoms with van der Waals surface area (Å²) in [6.45, 7) is 2.51. The van der Waals surface area contributed by atoms with Gasteiger partial charge < -0.3 is 14.9 Å². The minimum absolute atomic E-state index is 0.0987. The van der Waals surface area contributed by atoms with Crippen LogP contribution in [0.4, 0.5) is 5.95 Å². The number of piperidine rings is 2. The van der Waals surface area contributed by atoms with E-state index in [9.17, 15) is 9.90 Å². The van der Waals surface area contributed by atoms with E-state index in [4.69, 9.17) is 11.6 Å². The molecule has 0 saturated carbocycles. The first-order valence-electron chi connectivity index (χ1n) is 9.01. The van der Waals surface area contributed by atoms with Gasteiger partial charge in [-0.3, -0.25) is 9.78 Å². The van der Waals surface area contributed by atoms with Crippen molar-refractivity contribution >= 4 is 23.5 Å². The number of nitrogens with zero attached hydrogens (tertiary/aromatic N) is 6. The fraction of sp³-hybridized carbons (Fsp3) is 0.500. The third-order valence-electron chi connectivity index (χ3n) is 5.41. The second kappa shape index (κ2) is 7.36. The van der Waals surface area contributed by atoms with Gasteiger partial charge in [0.05, 0.1) is 29.7 Å². The number of aliphatic hydroxyl groups is 1. The van der Waals surface area contributed by atoms with Gasteiger partial charge in [-0.05, 0) is 24.7 Å². The fourth-order valence-corrected chi connectivity index (χ4v) is 4.19. The van der Waals surface area contributed by atoms with Crippen LogP contribution in [-0.4, -0.2) is 68.1 Å². The fourth-order valence-electron chi connectivity index (χ4n) is 4.09. The molecule has 9 heteroatoms. The number of rotatable bonds is 2. The molecular formula is C18H21ClN6O2. The molecule has 0 bridgehead atoms. The number of anilines is 1. The Morgan fingerprint density at radius 3 is 2.56 bits per heavy atom. The summed E-state index contributed by atoms with van der Waals surface area (Å²) in [4.78, 5) is 33.2. The average molecular weight is 389 g/mol. The Bertz CT molecular complexity index is 795. The molecule has 2 fully saturated rings. The van der Waals surface area contributed by atoms with Gasteiger partial charge in [0.1, 0.15) is 5.69 Å². The molecular weight excluding hydrogens is 368 g/mol. The molecule has 0 aromatic carbocycles. The highest BCUT2D eigenvalue weighted by molar-refractivity contribution is 6.30. The van der Waals surface area contributed by atoms with Crippen LogP contribution in [0.15, 0.2) is 31.0 Å². The van der Waals surface area contributed by atoms with Gasteiger partial charge in [-0.1, -0.05) is 11.6 Å². The highest BCUT2D eigenvalue weighted by atomic mass is 35.5. The normalized spacial score (nSPS) is 22.1. The van der Waals surface area contributed by atoms with Gasteiger partial charge in [0.15, 0.2) is 0 Å². The van der Waals surface area contributed by atoms with E-state index < -0.39 is 6.10 Å². The molecule has 2 aliphatic heterocycles. The van der Waals surface area contributed by atoms with E-state index in [1.54, 1.807) is 17.3 Å². The Hall–Kier alpha value is -2.32. The molecule has 0 radical (unpaired) electrons. The molecule has 1 spiro atoms. The second-order valence-corrected chi connectivity index (χ2v) is 7.76. The van der Waals surface area contributed by atoms with Crippen LogP contribution in [0.1, 0.15) is 29.8 Å².